The van der Waals surface area contributed by atoms with E-state index in [1.54, 1.807) is 7.11 Å². The second kappa shape index (κ2) is 8.08. The van der Waals surface area contributed by atoms with Crippen LogP contribution < -0.4 is 10.6 Å². The maximum Gasteiger partial charge on any atom is 0.263 e. The summed E-state index contributed by atoms with van der Waals surface area (Å²) in [5.74, 6) is -0.0359. The first-order valence-corrected chi connectivity index (χ1v) is 9.46. The molecule has 2 aromatic rings. The first kappa shape index (κ1) is 18.0. The second-order valence-electron chi connectivity index (χ2n) is 6.67. The largest absolute Gasteiger partial charge is 0.384 e. The van der Waals surface area contributed by atoms with E-state index in [1.807, 2.05) is 37.3 Å². The molecule has 134 valence electrons. The Labute approximate surface area is 152 Å². The van der Waals surface area contributed by atoms with Crippen LogP contribution in [0, 0.1) is 12.3 Å². The van der Waals surface area contributed by atoms with E-state index in [1.165, 1.54) is 11.3 Å². The van der Waals surface area contributed by atoms with Crippen LogP contribution in [0.3, 0.4) is 0 Å². The van der Waals surface area contributed by atoms with Gasteiger partial charge in [-0.2, -0.15) is 0 Å². The van der Waals surface area contributed by atoms with Gasteiger partial charge < -0.3 is 15.4 Å². The third-order valence-electron chi connectivity index (χ3n) is 4.76. The fraction of sp³-hybridized carbons (Fsp3) is 0.474. The van der Waals surface area contributed by atoms with Gasteiger partial charge in [-0.05, 0) is 32.9 Å². The van der Waals surface area contributed by atoms with E-state index in [4.69, 9.17) is 4.74 Å². The van der Waals surface area contributed by atoms with Gasteiger partial charge in [-0.3, -0.25) is 4.79 Å². The number of hydrogen-bond donors (Lipinski definition) is 2. The molecule has 1 aliphatic rings. The highest BCUT2D eigenvalue weighted by molar-refractivity contribution is 7.17. The van der Waals surface area contributed by atoms with E-state index in [2.05, 4.69) is 15.6 Å². The van der Waals surface area contributed by atoms with Crippen molar-refractivity contribution in [2.45, 2.75) is 19.8 Å². The Morgan fingerprint density at radius 1 is 1.32 bits per heavy atom. The van der Waals surface area contributed by atoms with E-state index in [-0.39, 0.29) is 11.3 Å². The molecule has 1 aromatic carbocycles. The fourth-order valence-electron chi connectivity index (χ4n) is 3.29. The Balaban J connectivity index is 1.70. The molecule has 1 amide bonds. The zero-order valence-electron chi connectivity index (χ0n) is 14.8. The zero-order chi connectivity index (χ0) is 17.7. The average Bonchev–Trinajstić information content (AvgIpc) is 3.03. The van der Waals surface area contributed by atoms with Crippen LogP contribution in [-0.4, -0.2) is 44.2 Å². The van der Waals surface area contributed by atoms with Crippen molar-refractivity contribution in [2.24, 2.45) is 5.41 Å². The monoisotopic (exact) mass is 359 g/mol. The van der Waals surface area contributed by atoms with Crippen molar-refractivity contribution >= 4 is 17.2 Å². The van der Waals surface area contributed by atoms with E-state index < -0.39 is 0 Å². The van der Waals surface area contributed by atoms with Gasteiger partial charge in [-0.25, -0.2) is 4.98 Å². The third-order valence-corrected chi connectivity index (χ3v) is 5.97. The van der Waals surface area contributed by atoms with Gasteiger partial charge in [-0.15, -0.1) is 11.3 Å². The summed E-state index contributed by atoms with van der Waals surface area (Å²) in [6.07, 6.45) is 2.02. The summed E-state index contributed by atoms with van der Waals surface area (Å²) in [5, 5.41) is 7.38. The van der Waals surface area contributed by atoms with Crippen LogP contribution in [0.4, 0.5) is 0 Å². The van der Waals surface area contributed by atoms with Crippen molar-refractivity contribution in [1.82, 2.24) is 15.6 Å². The van der Waals surface area contributed by atoms with Crippen LogP contribution in [-0.2, 0) is 4.74 Å². The molecule has 2 heterocycles. The predicted octanol–water partition coefficient (Wildman–Crippen LogP) is 2.86. The molecule has 1 aromatic heterocycles. The molecule has 0 bridgehead atoms. The lowest BCUT2D eigenvalue weighted by Gasteiger charge is -2.37. The number of amides is 1. The molecular weight excluding hydrogens is 334 g/mol. The number of carbonyl (C=O) groups is 1. The molecule has 1 fully saturated rings. The summed E-state index contributed by atoms with van der Waals surface area (Å²) < 4.78 is 5.42. The predicted molar refractivity (Wildman–Crippen MR) is 101 cm³/mol. The van der Waals surface area contributed by atoms with E-state index in [9.17, 15) is 4.79 Å². The van der Waals surface area contributed by atoms with Crippen molar-refractivity contribution in [3.8, 4) is 10.6 Å². The van der Waals surface area contributed by atoms with Gasteiger partial charge in [0.05, 0.1) is 12.3 Å². The highest BCUT2D eigenvalue weighted by atomic mass is 32.1. The number of methoxy groups -OCH3 is 1. The molecule has 0 aliphatic carbocycles. The van der Waals surface area contributed by atoms with Gasteiger partial charge in [0, 0.05) is 24.6 Å². The number of thiazole rings is 1. The lowest BCUT2D eigenvalue weighted by atomic mass is 9.79. The molecule has 0 saturated carbocycles. The highest BCUT2D eigenvalue weighted by Crippen LogP contribution is 2.30. The van der Waals surface area contributed by atoms with E-state index in [0.29, 0.717) is 18.0 Å². The van der Waals surface area contributed by atoms with Gasteiger partial charge in [0.2, 0.25) is 0 Å². The minimum atomic E-state index is -0.0359. The smallest absolute Gasteiger partial charge is 0.263 e. The highest BCUT2D eigenvalue weighted by Gasteiger charge is 2.33. The van der Waals surface area contributed by atoms with Crippen LogP contribution in [0.5, 0.6) is 0 Å². The van der Waals surface area contributed by atoms with Crippen LogP contribution >= 0.6 is 11.3 Å². The van der Waals surface area contributed by atoms with Gasteiger partial charge in [0.25, 0.3) is 5.91 Å². The normalized spacial score (nSPS) is 16.6. The number of rotatable bonds is 6. The molecule has 0 spiro atoms. The maximum absolute atomic E-state index is 12.7. The van der Waals surface area contributed by atoms with Gasteiger partial charge >= 0.3 is 0 Å². The Hall–Kier alpha value is -1.76. The molecule has 1 saturated heterocycles. The SMILES string of the molecule is COCC1(CNC(=O)c2sc(-c3ccccc3)nc2C)CCNCC1. The Morgan fingerprint density at radius 2 is 2.04 bits per heavy atom. The number of hydrogen-bond acceptors (Lipinski definition) is 5. The fourth-order valence-corrected chi connectivity index (χ4v) is 4.28. The number of carbonyl (C=O) groups excluding carboxylic acids is 1. The molecule has 6 heteroatoms. The van der Waals surface area contributed by atoms with Crippen molar-refractivity contribution in [3.63, 3.8) is 0 Å². The molecule has 5 nitrogen and oxygen atoms in total. The Kier molecular flexibility index (Phi) is 5.83. The Morgan fingerprint density at radius 3 is 2.72 bits per heavy atom. The minimum absolute atomic E-state index is 0.0243. The maximum atomic E-state index is 12.7. The lowest BCUT2D eigenvalue weighted by Crippen LogP contribution is -2.47. The van der Waals surface area contributed by atoms with Gasteiger partial charge in [-0.1, -0.05) is 30.3 Å². The molecule has 1 aliphatic heterocycles. The number of piperidine rings is 1. The number of ether oxygens (including phenoxy) is 1. The summed E-state index contributed by atoms with van der Waals surface area (Å²) in [6.45, 7) is 5.15. The average molecular weight is 359 g/mol. The topological polar surface area (TPSA) is 63.2 Å². The van der Waals surface area contributed by atoms with Crippen LogP contribution in [0.1, 0.15) is 28.2 Å². The quantitative estimate of drug-likeness (QED) is 0.832. The second-order valence-corrected chi connectivity index (χ2v) is 7.66. The van der Waals surface area contributed by atoms with Crippen molar-refractivity contribution in [1.29, 1.82) is 0 Å². The molecule has 0 unspecified atom stereocenters. The molecular formula is C19H25N3O2S. The number of nitrogens with one attached hydrogen (secondary N) is 2. The van der Waals surface area contributed by atoms with Crippen LogP contribution in [0.15, 0.2) is 30.3 Å². The number of aromatic nitrogens is 1. The first-order chi connectivity index (χ1) is 12.1. The lowest BCUT2D eigenvalue weighted by molar-refractivity contribution is 0.0512. The summed E-state index contributed by atoms with van der Waals surface area (Å²) in [4.78, 5) is 18.0. The molecule has 2 N–H and O–H groups in total. The van der Waals surface area contributed by atoms with Crippen molar-refractivity contribution in [2.75, 3.05) is 33.4 Å². The van der Waals surface area contributed by atoms with E-state index >= 15 is 0 Å². The van der Waals surface area contributed by atoms with E-state index in [0.717, 1.165) is 42.2 Å². The zero-order valence-corrected chi connectivity index (χ0v) is 15.6. The number of aryl methyl sites for hydroxylation is 1. The Bertz CT molecular complexity index is 703. The number of nitrogens with zero attached hydrogens (tertiary/aromatic N) is 1. The molecule has 0 atom stereocenters. The summed E-state index contributed by atoms with van der Waals surface area (Å²) in [7, 11) is 1.73. The van der Waals surface area contributed by atoms with Gasteiger partial charge in [0.15, 0.2) is 0 Å². The summed E-state index contributed by atoms with van der Waals surface area (Å²) >= 11 is 1.45. The minimum Gasteiger partial charge on any atom is -0.384 e. The molecule has 25 heavy (non-hydrogen) atoms. The first-order valence-electron chi connectivity index (χ1n) is 8.64. The summed E-state index contributed by atoms with van der Waals surface area (Å²) in [5.41, 5.74) is 1.85. The molecule has 3 rings (SSSR count). The standard InChI is InChI=1S/C19H25N3O2S/c1-14-16(25-18(22-14)15-6-4-3-5-7-15)17(23)21-12-19(13-24-2)8-10-20-11-9-19/h3-7,20H,8-13H2,1-2H3,(H,21,23). The van der Waals surface area contributed by atoms with Crippen LogP contribution in [0.2, 0.25) is 0 Å². The van der Waals surface area contributed by atoms with Crippen molar-refractivity contribution < 1.29 is 9.53 Å². The summed E-state index contributed by atoms with van der Waals surface area (Å²) in [6, 6.07) is 9.98. The number of benzene rings is 1. The molecule has 0 radical (unpaired) electrons. The van der Waals surface area contributed by atoms with Gasteiger partial charge in [0.1, 0.15) is 9.88 Å². The third kappa shape index (κ3) is 4.26. The van der Waals surface area contributed by atoms with Crippen LogP contribution in [0.25, 0.3) is 10.6 Å². The van der Waals surface area contributed by atoms with Crippen molar-refractivity contribution in [3.05, 3.63) is 40.9 Å².